The molecule has 100 valence electrons. The molecule has 1 aliphatic heterocycles. The summed E-state index contributed by atoms with van der Waals surface area (Å²) in [5, 5.41) is 6.15. The molecule has 2 N–H and O–H groups in total. The second-order valence-electron chi connectivity index (χ2n) is 3.91. The number of hydrogen-bond acceptors (Lipinski definition) is 2. The van der Waals surface area contributed by atoms with Crippen LogP contribution in [0.15, 0.2) is 16.6 Å². The molecule has 0 unspecified atom stereocenters. The fourth-order valence-corrected chi connectivity index (χ4v) is 2.23. The lowest BCUT2D eigenvalue weighted by atomic mass is 10.1. The van der Waals surface area contributed by atoms with Gasteiger partial charge in [0, 0.05) is 17.1 Å². The minimum absolute atomic E-state index is 0. The summed E-state index contributed by atoms with van der Waals surface area (Å²) in [7, 11) is 0. The molecule has 2 rings (SSSR count). The quantitative estimate of drug-likeness (QED) is 0.799. The van der Waals surface area contributed by atoms with E-state index in [-0.39, 0.29) is 29.0 Å². The molecule has 18 heavy (non-hydrogen) atoms. The highest BCUT2D eigenvalue weighted by Gasteiger charge is 2.20. The minimum Gasteiger partial charge on any atom is -0.348 e. The first-order valence-corrected chi connectivity index (χ1v) is 6.41. The molecule has 0 radical (unpaired) electrons. The van der Waals surface area contributed by atoms with Crippen LogP contribution in [0.1, 0.15) is 16.8 Å². The number of halogens is 4. The Bertz CT molecular complexity index is 453. The molecule has 0 saturated carbocycles. The molecule has 1 atom stereocenters. The summed E-state index contributed by atoms with van der Waals surface area (Å²) in [5.41, 5.74) is 0.00757. The maximum atomic E-state index is 13.6. The van der Waals surface area contributed by atoms with Crippen molar-refractivity contribution in [1.82, 2.24) is 10.6 Å². The molecule has 0 bridgehead atoms. The van der Waals surface area contributed by atoms with Crippen LogP contribution in [0.3, 0.4) is 0 Å². The number of nitrogens with one attached hydrogen (secondary N) is 2. The molecular weight excluding hydrogens is 346 g/mol. The van der Waals surface area contributed by atoms with Crippen molar-refractivity contribution in [2.45, 2.75) is 12.5 Å². The molecule has 3 nitrogen and oxygen atoms in total. The summed E-state index contributed by atoms with van der Waals surface area (Å²) in [5.74, 6) is -1.02. The second-order valence-corrected chi connectivity index (χ2v) is 5.17. The van der Waals surface area contributed by atoms with E-state index in [1.54, 1.807) is 0 Å². The Morgan fingerprint density at radius 1 is 1.56 bits per heavy atom. The lowest BCUT2D eigenvalue weighted by molar-refractivity contribution is 0.0936. The fraction of sp³-hybridized carbons (Fsp3) is 0.364. The van der Waals surface area contributed by atoms with Crippen LogP contribution in [-0.4, -0.2) is 25.0 Å². The van der Waals surface area contributed by atoms with Crippen molar-refractivity contribution in [2.75, 3.05) is 13.1 Å². The van der Waals surface area contributed by atoms with Gasteiger partial charge in [-0.2, -0.15) is 0 Å². The van der Waals surface area contributed by atoms with Crippen LogP contribution in [0.4, 0.5) is 4.39 Å². The first-order valence-electron chi connectivity index (χ1n) is 5.24. The van der Waals surface area contributed by atoms with Gasteiger partial charge in [-0.15, -0.1) is 12.4 Å². The highest BCUT2D eigenvalue weighted by Crippen LogP contribution is 2.25. The summed E-state index contributed by atoms with van der Waals surface area (Å²) in [4.78, 5) is 11.8. The molecule has 0 aliphatic carbocycles. The number of carbonyl (C=O) groups excluding carboxylic acids is 1. The molecule has 1 amide bonds. The molecule has 1 aromatic rings. The minimum atomic E-state index is -0.610. The van der Waals surface area contributed by atoms with Gasteiger partial charge in [0.1, 0.15) is 5.82 Å². The zero-order valence-electron chi connectivity index (χ0n) is 9.30. The largest absolute Gasteiger partial charge is 0.348 e. The first-order chi connectivity index (χ1) is 8.08. The van der Waals surface area contributed by atoms with Crippen LogP contribution in [0, 0.1) is 5.82 Å². The predicted octanol–water partition coefficient (Wildman–Crippen LogP) is 2.76. The van der Waals surface area contributed by atoms with Crippen molar-refractivity contribution in [3.05, 3.63) is 33.0 Å². The third kappa shape index (κ3) is 3.57. The summed E-state index contributed by atoms with van der Waals surface area (Å²) in [6.07, 6.45) is 0.863. The van der Waals surface area contributed by atoms with E-state index in [0.29, 0.717) is 4.47 Å². The van der Waals surface area contributed by atoms with Crippen LogP contribution in [0.5, 0.6) is 0 Å². The van der Waals surface area contributed by atoms with Gasteiger partial charge >= 0.3 is 0 Å². The molecule has 0 aromatic heterocycles. The zero-order valence-corrected chi connectivity index (χ0v) is 12.5. The van der Waals surface area contributed by atoms with Gasteiger partial charge in [0.05, 0.1) is 10.6 Å². The average molecular weight is 358 g/mol. The van der Waals surface area contributed by atoms with E-state index < -0.39 is 11.7 Å². The van der Waals surface area contributed by atoms with Gasteiger partial charge in [-0.05, 0) is 41.0 Å². The maximum absolute atomic E-state index is 13.6. The van der Waals surface area contributed by atoms with Crippen LogP contribution in [0.25, 0.3) is 0 Å². The fourth-order valence-electron chi connectivity index (χ4n) is 1.74. The van der Waals surface area contributed by atoms with Gasteiger partial charge in [0.15, 0.2) is 0 Å². The van der Waals surface area contributed by atoms with Gasteiger partial charge in [-0.1, -0.05) is 11.6 Å². The van der Waals surface area contributed by atoms with Gasteiger partial charge in [-0.25, -0.2) is 4.39 Å². The highest BCUT2D eigenvalue weighted by molar-refractivity contribution is 9.10. The van der Waals surface area contributed by atoms with E-state index in [2.05, 4.69) is 26.6 Å². The van der Waals surface area contributed by atoms with Crippen molar-refractivity contribution in [3.8, 4) is 0 Å². The number of rotatable bonds is 2. The Morgan fingerprint density at radius 3 is 2.89 bits per heavy atom. The Hall–Kier alpha value is -0.360. The SMILES string of the molecule is Cl.O=C(N[C@@H]1CCNC1)c1cc(Br)c(Cl)cc1F. The van der Waals surface area contributed by atoms with Crippen LogP contribution in [0.2, 0.25) is 5.02 Å². The van der Waals surface area contributed by atoms with Crippen LogP contribution < -0.4 is 10.6 Å². The zero-order chi connectivity index (χ0) is 12.4. The standard InChI is InChI=1S/C11H11BrClFN2O.ClH/c12-8-3-7(10(14)4-9(8)13)11(17)16-6-1-2-15-5-6;/h3-4,6,15H,1-2,5H2,(H,16,17);1H/t6-;/m1./s1. The van der Waals surface area contributed by atoms with Crippen molar-refractivity contribution in [2.24, 2.45) is 0 Å². The topological polar surface area (TPSA) is 41.1 Å². The number of carbonyl (C=O) groups is 1. The molecule has 1 aliphatic rings. The van der Waals surface area contributed by atoms with E-state index >= 15 is 0 Å². The highest BCUT2D eigenvalue weighted by atomic mass is 79.9. The van der Waals surface area contributed by atoms with Crippen molar-refractivity contribution in [3.63, 3.8) is 0 Å². The Morgan fingerprint density at radius 2 is 2.28 bits per heavy atom. The molecule has 7 heteroatoms. The normalized spacial score (nSPS) is 18.3. The van der Waals surface area contributed by atoms with Gasteiger partial charge in [0.25, 0.3) is 5.91 Å². The third-order valence-corrected chi connectivity index (χ3v) is 3.85. The summed E-state index contributed by atoms with van der Waals surface area (Å²) in [6.45, 7) is 1.60. The monoisotopic (exact) mass is 356 g/mol. The van der Waals surface area contributed by atoms with E-state index in [1.807, 2.05) is 0 Å². The summed E-state index contributed by atoms with van der Waals surface area (Å²) < 4.78 is 14.1. The van der Waals surface area contributed by atoms with Crippen molar-refractivity contribution >= 4 is 45.8 Å². The summed E-state index contributed by atoms with van der Waals surface area (Å²) in [6, 6.07) is 2.60. The summed E-state index contributed by atoms with van der Waals surface area (Å²) >= 11 is 8.90. The van der Waals surface area contributed by atoms with Gasteiger partial charge in [-0.3, -0.25) is 4.79 Å². The van der Waals surface area contributed by atoms with Gasteiger partial charge < -0.3 is 10.6 Å². The Balaban J connectivity index is 0.00000162. The maximum Gasteiger partial charge on any atom is 0.254 e. The van der Waals surface area contributed by atoms with Gasteiger partial charge in [0.2, 0.25) is 0 Å². The molecular formula is C11H12BrCl2FN2O. The molecule has 1 fully saturated rings. The van der Waals surface area contributed by atoms with E-state index in [4.69, 9.17) is 11.6 Å². The molecule has 1 aromatic carbocycles. The van der Waals surface area contributed by atoms with E-state index in [0.717, 1.165) is 25.6 Å². The number of benzene rings is 1. The van der Waals surface area contributed by atoms with E-state index in [1.165, 1.54) is 6.07 Å². The molecule has 0 spiro atoms. The van der Waals surface area contributed by atoms with Crippen LogP contribution >= 0.6 is 39.9 Å². The van der Waals surface area contributed by atoms with Crippen LogP contribution in [-0.2, 0) is 0 Å². The lowest BCUT2D eigenvalue weighted by Gasteiger charge is -2.12. The Kier molecular flexibility index (Phi) is 5.85. The third-order valence-electron chi connectivity index (χ3n) is 2.65. The number of hydrogen-bond donors (Lipinski definition) is 2. The first kappa shape index (κ1) is 15.7. The lowest BCUT2D eigenvalue weighted by Crippen LogP contribution is -2.36. The smallest absolute Gasteiger partial charge is 0.254 e. The van der Waals surface area contributed by atoms with E-state index in [9.17, 15) is 9.18 Å². The Labute approximate surface area is 124 Å². The molecule has 1 saturated heterocycles. The molecule has 1 heterocycles. The number of amides is 1. The van der Waals surface area contributed by atoms with Crippen molar-refractivity contribution < 1.29 is 9.18 Å². The van der Waals surface area contributed by atoms with Crippen molar-refractivity contribution in [1.29, 1.82) is 0 Å². The predicted molar refractivity (Wildman–Crippen MR) is 75.1 cm³/mol. The second kappa shape index (κ2) is 6.70. The average Bonchev–Trinajstić information content (AvgIpc) is 2.76.